The molecular formula is C27H34N2O6. The Morgan fingerprint density at radius 2 is 1.74 bits per heavy atom. The molecule has 188 valence electrons. The third-order valence-electron chi connectivity index (χ3n) is 5.77. The van der Waals surface area contributed by atoms with Gasteiger partial charge in [-0.15, -0.1) is 0 Å². The molecule has 1 unspecified atom stereocenters. The lowest BCUT2D eigenvalue weighted by Gasteiger charge is -2.27. The molecule has 1 saturated heterocycles. The second-order valence-corrected chi connectivity index (χ2v) is 8.92. The van der Waals surface area contributed by atoms with Crippen molar-refractivity contribution in [3.8, 4) is 17.2 Å². The highest BCUT2D eigenvalue weighted by Crippen LogP contribution is 2.45. The van der Waals surface area contributed by atoms with Crippen molar-refractivity contribution in [2.75, 3.05) is 41.4 Å². The Balaban J connectivity index is 2.14. The monoisotopic (exact) mass is 482 g/mol. The number of aliphatic hydroxyl groups is 1. The molecule has 0 bridgehead atoms. The normalized spacial score (nSPS) is 17.4. The van der Waals surface area contributed by atoms with Crippen molar-refractivity contribution in [1.29, 1.82) is 0 Å². The molecule has 0 spiro atoms. The molecule has 1 N–H and O–H groups in total. The smallest absolute Gasteiger partial charge is 0.295 e. The van der Waals surface area contributed by atoms with E-state index in [1.165, 1.54) is 19.1 Å². The van der Waals surface area contributed by atoms with Crippen LogP contribution in [0.2, 0.25) is 0 Å². The summed E-state index contributed by atoms with van der Waals surface area (Å²) in [7, 11) is 6.93. The molecule has 1 heterocycles. The van der Waals surface area contributed by atoms with Gasteiger partial charge in [-0.25, -0.2) is 0 Å². The number of para-hydroxylation sites is 1. The zero-order chi connectivity index (χ0) is 25.7. The van der Waals surface area contributed by atoms with Gasteiger partial charge in [0.05, 0.1) is 31.9 Å². The summed E-state index contributed by atoms with van der Waals surface area (Å²) in [5, 5.41) is 11.3. The highest BCUT2D eigenvalue weighted by atomic mass is 16.5. The molecule has 1 aliphatic heterocycles. The van der Waals surface area contributed by atoms with Crippen molar-refractivity contribution in [3.05, 3.63) is 59.2 Å². The van der Waals surface area contributed by atoms with Gasteiger partial charge in [-0.1, -0.05) is 12.1 Å². The molecule has 35 heavy (non-hydrogen) atoms. The molecule has 1 fully saturated rings. The second kappa shape index (κ2) is 11.3. The van der Waals surface area contributed by atoms with E-state index in [0.29, 0.717) is 41.3 Å². The van der Waals surface area contributed by atoms with Gasteiger partial charge in [-0.3, -0.25) is 9.59 Å². The summed E-state index contributed by atoms with van der Waals surface area (Å²) in [4.78, 5) is 29.9. The van der Waals surface area contributed by atoms with Crippen molar-refractivity contribution in [2.24, 2.45) is 0 Å². The van der Waals surface area contributed by atoms with Gasteiger partial charge in [0, 0.05) is 17.7 Å². The van der Waals surface area contributed by atoms with E-state index < -0.39 is 17.7 Å². The number of hydrogen-bond donors (Lipinski definition) is 1. The molecule has 3 rings (SSSR count). The number of methoxy groups -OCH3 is 2. The summed E-state index contributed by atoms with van der Waals surface area (Å²) in [6.45, 7) is 4.92. The minimum absolute atomic E-state index is 0.00228. The van der Waals surface area contributed by atoms with Crippen LogP contribution in [0.3, 0.4) is 0 Å². The van der Waals surface area contributed by atoms with Gasteiger partial charge in [-0.05, 0) is 71.2 Å². The summed E-state index contributed by atoms with van der Waals surface area (Å²) in [6, 6.07) is 11.3. The van der Waals surface area contributed by atoms with E-state index in [4.69, 9.17) is 14.2 Å². The number of ketones is 1. The van der Waals surface area contributed by atoms with Gasteiger partial charge in [0.2, 0.25) is 0 Å². The fraction of sp³-hybridized carbons (Fsp3) is 0.407. The first-order valence-electron chi connectivity index (χ1n) is 11.6. The number of nitrogens with zero attached hydrogens (tertiary/aromatic N) is 2. The van der Waals surface area contributed by atoms with E-state index in [-0.39, 0.29) is 17.4 Å². The van der Waals surface area contributed by atoms with E-state index in [1.54, 1.807) is 42.5 Å². The largest absolute Gasteiger partial charge is 0.507 e. The third kappa shape index (κ3) is 5.59. The summed E-state index contributed by atoms with van der Waals surface area (Å²) in [5.74, 6) is -0.106. The number of carbonyl (C=O) groups is 2. The number of aliphatic hydroxyl groups excluding tert-OH is 1. The van der Waals surface area contributed by atoms with Gasteiger partial charge in [0.25, 0.3) is 11.7 Å². The van der Waals surface area contributed by atoms with Crippen LogP contribution in [-0.2, 0) is 9.59 Å². The Hall–Kier alpha value is -3.52. The number of amides is 1. The highest BCUT2D eigenvalue weighted by molar-refractivity contribution is 6.46. The Morgan fingerprint density at radius 1 is 1.06 bits per heavy atom. The first-order valence-corrected chi connectivity index (χ1v) is 11.6. The van der Waals surface area contributed by atoms with E-state index in [9.17, 15) is 14.7 Å². The number of ether oxygens (including phenoxy) is 3. The third-order valence-corrected chi connectivity index (χ3v) is 5.77. The van der Waals surface area contributed by atoms with Crippen molar-refractivity contribution < 1.29 is 28.9 Å². The van der Waals surface area contributed by atoms with Crippen LogP contribution in [0.5, 0.6) is 17.2 Å². The Morgan fingerprint density at radius 3 is 2.31 bits per heavy atom. The fourth-order valence-corrected chi connectivity index (χ4v) is 4.24. The quantitative estimate of drug-likeness (QED) is 0.312. The predicted molar refractivity (Wildman–Crippen MR) is 134 cm³/mol. The number of rotatable bonds is 10. The van der Waals surface area contributed by atoms with Gasteiger partial charge >= 0.3 is 0 Å². The summed E-state index contributed by atoms with van der Waals surface area (Å²) < 4.78 is 16.8. The minimum Gasteiger partial charge on any atom is -0.507 e. The summed E-state index contributed by atoms with van der Waals surface area (Å²) in [5.41, 5.74) is 1.00. The van der Waals surface area contributed by atoms with E-state index in [0.717, 1.165) is 6.54 Å². The van der Waals surface area contributed by atoms with Crippen molar-refractivity contribution in [1.82, 2.24) is 9.80 Å². The minimum atomic E-state index is -0.825. The van der Waals surface area contributed by atoms with Gasteiger partial charge in [0.1, 0.15) is 11.5 Å². The molecule has 1 aliphatic rings. The molecule has 1 atom stereocenters. The highest BCUT2D eigenvalue weighted by Gasteiger charge is 2.47. The summed E-state index contributed by atoms with van der Waals surface area (Å²) in [6.07, 6.45) is 0.659. The number of carbonyl (C=O) groups excluding carboxylic acids is 2. The Kier molecular flexibility index (Phi) is 8.40. The summed E-state index contributed by atoms with van der Waals surface area (Å²) >= 11 is 0. The second-order valence-electron chi connectivity index (χ2n) is 8.92. The average molecular weight is 483 g/mol. The lowest BCUT2D eigenvalue weighted by atomic mass is 9.94. The molecule has 1 amide bonds. The van der Waals surface area contributed by atoms with Crippen molar-refractivity contribution in [3.63, 3.8) is 0 Å². The SMILES string of the molecule is COc1cccc(C2C(=C(O)c3ccc(OC(C)C)cc3)C(=O)C(=O)N2CCCN(C)C)c1OC. The maximum absolute atomic E-state index is 13.3. The molecule has 2 aromatic carbocycles. The lowest BCUT2D eigenvalue weighted by molar-refractivity contribution is -0.140. The van der Waals surface area contributed by atoms with Crippen LogP contribution in [0.15, 0.2) is 48.0 Å². The number of Topliss-reactive ketones (excluding diaryl/α,β-unsaturated/α-hetero) is 1. The van der Waals surface area contributed by atoms with E-state index in [1.807, 2.05) is 32.8 Å². The van der Waals surface area contributed by atoms with Crippen LogP contribution < -0.4 is 14.2 Å². The van der Waals surface area contributed by atoms with Gasteiger partial charge < -0.3 is 29.1 Å². The first kappa shape index (κ1) is 26.1. The fourth-order valence-electron chi connectivity index (χ4n) is 4.24. The van der Waals surface area contributed by atoms with Crippen LogP contribution in [0.1, 0.15) is 37.4 Å². The number of benzene rings is 2. The Labute approximate surface area is 206 Å². The molecule has 0 saturated carbocycles. The Bertz CT molecular complexity index is 1090. The lowest BCUT2D eigenvalue weighted by Crippen LogP contribution is -2.32. The maximum atomic E-state index is 13.3. The molecule has 2 aromatic rings. The molecule has 8 heteroatoms. The van der Waals surface area contributed by atoms with Crippen LogP contribution in [0.4, 0.5) is 0 Å². The molecule has 0 aliphatic carbocycles. The molecular weight excluding hydrogens is 448 g/mol. The maximum Gasteiger partial charge on any atom is 0.295 e. The van der Waals surface area contributed by atoms with Gasteiger partial charge in [-0.2, -0.15) is 0 Å². The predicted octanol–water partition coefficient (Wildman–Crippen LogP) is 3.86. The standard InChI is InChI=1S/C27H34N2O6/c1-17(2)35-19-13-11-18(12-14-19)24(30)22-23(20-9-7-10-21(33-5)26(20)34-6)29(27(32)25(22)31)16-8-15-28(3)4/h7,9-14,17,23,30H,8,15-16H2,1-6H3. The van der Waals surface area contributed by atoms with Crippen LogP contribution in [0, 0.1) is 0 Å². The molecule has 8 nitrogen and oxygen atoms in total. The van der Waals surface area contributed by atoms with Crippen molar-refractivity contribution in [2.45, 2.75) is 32.4 Å². The van der Waals surface area contributed by atoms with Crippen molar-refractivity contribution >= 4 is 17.4 Å². The zero-order valence-corrected chi connectivity index (χ0v) is 21.2. The van der Waals surface area contributed by atoms with Crippen LogP contribution in [0.25, 0.3) is 5.76 Å². The topological polar surface area (TPSA) is 88.5 Å². The number of likely N-dealkylation sites (tertiary alicyclic amines) is 1. The number of hydrogen-bond acceptors (Lipinski definition) is 7. The zero-order valence-electron chi connectivity index (χ0n) is 21.2. The average Bonchev–Trinajstić information content (AvgIpc) is 3.07. The van der Waals surface area contributed by atoms with Gasteiger partial charge in [0.15, 0.2) is 11.5 Å². The van der Waals surface area contributed by atoms with Crippen LogP contribution in [-0.4, -0.2) is 74.1 Å². The van der Waals surface area contributed by atoms with E-state index >= 15 is 0 Å². The van der Waals surface area contributed by atoms with Crippen LogP contribution >= 0.6 is 0 Å². The molecule has 0 radical (unpaired) electrons. The van der Waals surface area contributed by atoms with E-state index in [2.05, 4.69) is 0 Å². The first-order chi connectivity index (χ1) is 16.7. The molecule has 0 aromatic heterocycles.